The third-order valence-corrected chi connectivity index (χ3v) is 6.83. The lowest BCUT2D eigenvalue weighted by atomic mass is 10.0. The quantitative estimate of drug-likeness (QED) is 0.316. The molecule has 1 amide bonds. The lowest BCUT2D eigenvalue weighted by Crippen LogP contribution is -2.45. The molecule has 0 aliphatic heterocycles. The molecule has 142 valence electrons. The molecule has 0 saturated carbocycles. The third-order valence-electron chi connectivity index (χ3n) is 4.25. The minimum atomic E-state index is -0.952. The van der Waals surface area contributed by atoms with Gasteiger partial charge in [-0.15, -0.1) is 11.3 Å². The number of benzene rings is 1. The monoisotopic (exact) mass is 394 g/mol. The van der Waals surface area contributed by atoms with Crippen molar-refractivity contribution in [1.82, 2.24) is 10.3 Å². The molecule has 0 radical (unpaired) electrons. The lowest BCUT2D eigenvalue weighted by Gasteiger charge is -2.32. The van der Waals surface area contributed by atoms with Gasteiger partial charge < -0.3 is 10.4 Å². The number of hydrogen-bond acceptors (Lipinski definition) is 5. The van der Waals surface area contributed by atoms with E-state index in [1.165, 1.54) is 0 Å². The van der Waals surface area contributed by atoms with Crippen molar-refractivity contribution in [2.24, 2.45) is 0 Å². The van der Waals surface area contributed by atoms with Crippen LogP contribution in [0.1, 0.15) is 58.8 Å². The molecule has 2 N–H and O–H groups in total. The highest BCUT2D eigenvalue weighted by Gasteiger charge is 2.32. The van der Waals surface area contributed by atoms with E-state index in [-0.39, 0.29) is 18.7 Å². The maximum atomic E-state index is 12.3. The molecular weight excluding hydrogens is 368 g/mol. The van der Waals surface area contributed by atoms with E-state index in [1.807, 2.05) is 24.3 Å². The van der Waals surface area contributed by atoms with Gasteiger partial charge >= 0.3 is 5.97 Å². The van der Waals surface area contributed by atoms with E-state index in [0.717, 1.165) is 46.7 Å². The normalized spacial score (nSPS) is 13.5. The number of unbranched alkanes of at least 4 members (excludes halogenated alkanes) is 2. The first-order valence-corrected chi connectivity index (χ1v) is 10.7. The summed E-state index contributed by atoms with van der Waals surface area (Å²) in [6.45, 7) is 4.21. The van der Waals surface area contributed by atoms with E-state index in [9.17, 15) is 9.59 Å². The number of carbonyl (C=O) groups is 2. The average molecular weight is 395 g/mol. The molecule has 1 aromatic heterocycles. The number of fused-ring (bicyclic) bond motifs is 1. The van der Waals surface area contributed by atoms with Crippen molar-refractivity contribution in [3.8, 4) is 0 Å². The minimum absolute atomic E-state index is 0.00522. The molecule has 2 rings (SSSR count). The molecular formula is C19H26N2O3S2. The van der Waals surface area contributed by atoms with Gasteiger partial charge in [-0.05, 0) is 25.0 Å². The van der Waals surface area contributed by atoms with Gasteiger partial charge in [-0.2, -0.15) is 0 Å². The van der Waals surface area contributed by atoms with Crippen LogP contribution in [0.25, 0.3) is 10.2 Å². The molecule has 5 nitrogen and oxygen atoms in total. The predicted molar refractivity (Wildman–Crippen MR) is 108 cm³/mol. The largest absolute Gasteiger partial charge is 0.481 e. The van der Waals surface area contributed by atoms with Crippen LogP contribution in [0.4, 0.5) is 0 Å². The van der Waals surface area contributed by atoms with E-state index >= 15 is 0 Å². The van der Waals surface area contributed by atoms with Crippen molar-refractivity contribution in [3.63, 3.8) is 0 Å². The van der Waals surface area contributed by atoms with Gasteiger partial charge in [0.1, 0.15) is 0 Å². The van der Waals surface area contributed by atoms with Gasteiger partial charge in [0.05, 0.1) is 21.5 Å². The lowest BCUT2D eigenvalue weighted by molar-refractivity contribution is -0.139. The van der Waals surface area contributed by atoms with Gasteiger partial charge in [-0.3, -0.25) is 9.59 Å². The number of nitrogens with zero attached hydrogens (tertiary/aromatic N) is 1. The first-order chi connectivity index (χ1) is 12.5. The third kappa shape index (κ3) is 5.99. The van der Waals surface area contributed by atoms with Crippen LogP contribution >= 0.6 is 23.1 Å². The maximum Gasteiger partial charge on any atom is 0.303 e. The highest BCUT2D eigenvalue weighted by Crippen LogP contribution is 2.41. The molecule has 26 heavy (non-hydrogen) atoms. The van der Waals surface area contributed by atoms with Crippen LogP contribution in [0.15, 0.2) is 28.6 Å². The molecule has 7 heteroatoms. The number of aliphatic carboxylic acids is 1. The summed E-state index contributed by atoms with van der Waals surface area (Å²) in [7, 11) is 0. The fourth-order valence-electron chi connectivity index (χ4n) is 2.74. The number of thioether (sulfide) groups is 1. The summed E-state index contributed by atoms with van der Waals surface area (Å²) in [5.41, 5.74) is 0.968. The Morgan fingerprint density at radius 2 is 2.00 bits per heavy atom. The van der Waals surface area contributed by atoms with Gasteiger partial charge in [-0.25, -0.2) is 4.98 Å². The maximum absolute atomic E-state index is 12.3. The topological polar surface area (TPSA) is 79.3 Å². The van der Waals surface area contributed by atoms with Crippen molar-refractivity contribution in [2.45, 2.75) is 68.0 Å². The molecule has 0 fully saturated rings. The van der Waals surface area contributed by atoms with E-state index in [0.29, 0.717) is 0 Å². The van der Waals surface area contributed by atoms with Crippen LogP contribution in [0.2, 0.25) is 0 Å². The second-order valence-electron chi connectivity index (χ2n) is 6.30. The number of para-hydroxylation sites is 1. The van der Waals surface area contributed by atoms with Gasteiger partial charge in [-0.1, -0.05) is 57.0 Å². The Labute approximate surface area is 162 Å². The van der Waals surface area contributed by atoms with Crippen molar-refractivity contribution in [1.29, 1.82) is 0 Å². The van der Waals surface area contributed by atoms with Crippen molar-refractivity contribution in [2.75, 3.05) is 0 Å². The second-order valence-corrected chi connectivity index (χ2v) is 8.96. The molecule has 1 atom stereocenters. The second kappa shape index (κ2) is 9.92. The molecule has 0 bridgehead atoms. The molecule has 2 aromatic rings. The number of rotatable bonds is 11. The summed E-state index contributed by atoms with van der Waals surface area (Å²) < 4.78 is 2.06. The van der Waals surface area contributed by atoms with Crippen molar-refractivity contribution >= 4 is 45.2 Å². The number of nitrogens with one attached hydrogen (secondary N) is 1. The van der Waals surface area contributed by atoms with Crippen LogP contribution in [-0.4, -0.2) is 26.8 Å². The Bertz CT molecular complexity index is 714. The highest BCUT2D eigenvalue weighted by molar-refractivity contribution is 8.02. The van der Waals surface area contributed by atoms with Crippen molar-refractivity contribution < 1.29 is 14.7 Å². The van der Waals surface area contributed by atoms with Crippen LogP contribution in [-0.2, 0) is 9.59 Å². The molecule has 0 aliphatic rings. The fourth-order valence-corrected chi connectivity index (χ4v) is 5.38. The molecule has 1 unspecified atom stereocenters. The Balaban J connectivity index is 2.17. The summed E-state index contributed by atoms with van der Waals surface area (Å²) in [6.07, 6.45) is 4.69. The number of carboxylic acid groups (broad SMARTS) is 1. The molecule has 0 spiro atoms. The zero-order valence-electron chi connectivity index (χ0n) is 15.3. The fraction of sp³-hybridized carbons (Fsp3) is 0.526. The van der Waals surface area contributed by atoms with E-state index < -0.39 is 10.8 Å². The average Bonchev–Trinajstić information content (AvgIpc) is 3.02. The molecule has 1 heterocycles. The molecule has 0 saturated heterocycles. The summed E-state index contributed by atoms with van der Waals surface area (Å²) in [4.78, 5) is 27.3. The summed E-state index contributed by atoms with van der Waals surface area (Å²) in [5.74, 6) is -1.16. The smallest absolute Gasteiger partial charge is 0.303 e. The number of aromatic nitrogens is 1. The zero-order chi connectivity index (χ0) is 19.0. The van der Waals surface area contributed by atoms with E-state index in [2.05, 4.69) is 19.2 Å². The van der Waals surface area contributed by atoms with Gasteiger partial charge in [0.15, 0.2) is 4.34 Å². The molecule has 1 aromatic carbocycles. The Morgan fingerprint density at radius 1 is 1.23 bits per heavy atom. The van der Waals surface area contributed by atoms with Gasteiger partial charge in [0.2, 0.25) is 5.91 Å². The number of carboxylic acids is 1. The Hall–Kier alpha value is -1.60. The zero-order valence-corrected chi connectivity index (χ0v) is 16.9. The summed E-state index contributed by atoms with van der Waals surface area (Å²) in [5, 5.41) is 11.9. The van der Waals surface area contributed by atoms with E-state index in [1.54, 1.807) is 23.1 Å². The predicted octanol–water partition coefficient (Wildman–Crippen LogP) is 5.06. The Kier molecular flexibility index (Phi) is 7.90. The van der Waals surface area contributed by atoms with Crippen LogP contribution in [0, 0.1) is 0 Å². The van der Waals surface area contributed by atoms with Crippen LogP contribution in [0.5, 0.6) is 0 Å². The number of amides is 1. The van der Waals surface area contributed by atoms with Gasteiger partial charge in [0.25, 0.3) is 0 Å². The number of hydrogen-bond donors (Lipinski definition) is 2. The molecule has 0 aliphatic carbocycles. The van der Waals surface area contributed by atoms with Crippen LogP contribution < -0.4 is 5.32 Å². The first kappa shape index (κ1) is 20.7. The summed E-state index contributed by atoms with van der Waals surface area (Å²) in [6, 6.07) is 8.01. The van der Waals surface area contributed by atoms with Crippen molar-refractivity contribution in [3.05, 3.63) is 24.3 Å². The number of carbonyl (C=O) groups excluding carboxylic acids is 1. The SMILES string of the molecule is CCCCCC(CC)(NC(=O)CCC(=O)O)Sc1nc2ccccc2s1. The standard InChI is InChI=1S/C19H26N2O3S2/c1-3-5-8-13-19(4-2,21-16(22)11-12-17(23)24)26-18-20-14-9-6-7-10-15(14)25-18/h6-7,9-10H,3-5,8,11-13H2,1-2H3,(H,21,22)(H,23,24). The van der Waals surface area contributed by atoms with Gasteiger partial charge in [0, 0.05) is 6.42 Å². The minimum Gasteiger partial charge on any atom is -0.481 e. The highest BCUT2D eigenvalue weighted by atomic mass is 32.2. The first-order valence-electron chi connectivity index (χ1n) is 9.05. The van der Waals surface area contributed by atoms with Crippen LogP contribution in [0.3, 0.4) is 0 Å². The summed E-state index contributed by atoms with van der Waals surface area (Å²) >= 11 is 3.23. The Morgan fingerprint density at radius 3 is 2.65 bits per heavy atom. The van der Waals surface area contributed by atoms with E-state index in [4.69, 9.17) is 10.1 Å². The number of thiazole rings is 1.